The molecule has 0 aliphatic carbocycles. The van der Waals surface area contributed by atoms with Crippen LogP contribution in [-0.2, 0) is 12.3 Å². The van der Waals surface area contributed by atoms with E-state index in [2.05, 4.69) is 28.1 Å². The lowest BCUT2D eigenvalue weighted by Crippen LogP contribution is -2.01. The van der Waals surface area contributed by atoms with E-state index in [1.54, 1.807) is 11.8 Å². The van der Waals surface area contributed by atoms with Gasteiger partial charge in [0.1, 0.15) is 5.82 Å². The largest absolute Gasteiger partial charge is 0.326 e. The molecule has 2 aromatic rings. The molecule has 0 saturated carbocycles. The van der Waals surface area contributed by atoms with E-state index in [4.69, 9.17) is 5.73 Å². The van der Waals surface area contributed by atoms with Crippen LogP contribution >= 0.6 is 27.7 Å². The zero-order valence-corrected chi connectivity index (χ0v) is 12.1. The molecule has 94 valence electrons. The van der Waals surface area contributed by atoms with Gasteiger partial charge in [-0.3, -0.25) is 0 Å². The average Bonchev–Trinajstić information content (AvgIpc) is 2.39. The zero-order valence-electron chi connectivity index (χ0n) is 9.70. The van der Waals surface area contributed by atoms with Crippen molar-refractivity contribution in [1.29, 1.82) is 0 Å². The summed E-state index contributed by atoms with van der Waals surface area (Å²) in [4.78, 5) is 1.19. The van der Waals surface area contributed by atoms with Crippen molar-refractivity contribution in [2.45, 2.75) is 17.2 Å². The Bertz CT molecular complexity index is 528. The number of thioether (sulfide) groups is 1. The van der Waals surface area contributed by atoms with Crippen molar-refractivity contribution >= 4 is 27.7 Å². The van der Waals surface area contributed by atoms with Crippen LogP contribution in [0, 0.1) is 5.82 Å². The summed E-state index contributed by atoms with van der Waals surface area (Å²) < 4.78 is 14.1. The smallest absolute Gasteiger partial charge is 0.123 e. The number of nitrogens with two attached hydrogens (primary N) is 1. The van der Waals surface area contributed by atoms with E-state index in [0.29, 0.717) is 6.54 Å². The van der Waals surface area contributed by atoms with Gasteiger partial charge < -0.3 is 5.73 Å². The lowest BCUT2D eigenvalue weighted by atomic mass is 10.1. The minimum Gasteiger partial charge on any atom is -0.326 e. The monoisotopic (exact) mass is 325 g/mol. The molecule has 1 nitrogen and oxygen atoms in total. The number of rotatable bonds is 4. The van der Waals surface area contributed by atoms with Crippen molar-refractivity contribution < 1.29 is 4.39 Å². The van der Waals surface area contributed by atoms with E-state index >= 15 is 0 Å². The Balaban J connectivity index is 2.08. The van der Waals surface area contributed by atoms with Crippen LogP contribution in [0.15, 0.2) is 51.8 Å². The fraction of sp³-hybridized carbons (Fsp3) is 0.143. The van der Waals surface area contributed by atoms with Crippen molar-refractivity contribution in [2.75, 3.05) is 0 Å². The highest BCUT2D eigenvalue weighted by Gasteiger charge is 2.04. The minimum absolute atomic E-state index is 0.229. The van der Waals surface area contributed by atoms with Crippen LogP contribution in [0.5, 0.6) is 0 Å². The van der Waals surface area contributed by atoms with E-state index in [9.17, 15) is 4.39 Å². The second-order valence-corrected chi connectivity index (χ2v) is 5.82. The maximum Gasteiger partial charge on any atom is 0.123 e. The first-order valence-electron chi connectivity index (χ1n) is 5.55. The quantitative estimate of drug-likeness (QED) is 0.846. The van der Waals surface area contributed by atoms with Gasteiger partial charge in [-0.1, -0.05) is 22.0 Å². The number of hydrogen-bond donors (Lipinski definition) is 1. The van der Waals surface area contributed by atoms with Crippen LogP contribution < -0.4 is 5.73 Å². The molecule has 2 N–H and O–H groups in total. The Labute approximate surface area is 119 Å². The minimum atomic E-state index is -0.229. The van der Waals surface area contributed by atoms with Crippen molar-refractivity contribution in [1.82, 2.24) is 0 Å². The van der Waals surface area contributed by atoms with Gasteiger partial charge in [0.05, 0.1) is 0 Å². The standard InChI is InChI=1S/C14H13BrFNS/c15-12-2-5-14(6-3-12)18-9-10-1-4-13(16)7-11(10)8-17/h1-7H,8-9,17H2. The summed E-state index contributed by atoms with van der Waals surface area (Å²) in [5.74, 6) is 0.571. The Morgan fingerprint density at radius 3 is 2.44 bits per heavy atom. The highest BCUT2D eigenvalue weighted by molar-refractivity contribution is 9.10. The molecule has 0 aliphatic rings. The highest BCUT2D eigenvalue weighted by atomic mass is 79.9. The molecule has 2 rings (SSSR count). The second kappa shape index (κ2) is 6.36. The van der Waals surface area contributed by atoms with E-state index in [0.717, 1.165) is 21.4 Å². The fourth-order valence-corrected chi connectivity index (χ4v) is 2.81. The predicted octanol–water partition coefficient (Wildman–Crippen LogP) is 4.34. The van der Waals surface area contributed by atoms with E-state index < -0.39 is 0 Å². The summed E-state index contributed by atoms with van der Waals surface area (Å²) in [6.45, 7) is 0.369. The molecule has 0 amide bonds. The number of benzene rings is 2. The van der Waals surface area contributed by atoms with Crippen LogP contribution in [0.4, 0.5) is 4.39 Å². The molecule has 0 fully saturated rings. The maximum absolute atomic E-state index is 13.1. The molecule has 0 heterocycles. The third-order valence-electron chi connectivity index (χ3n) is 2.60. The van der Waals surface area contributed by atoms with Gasteiger partial charge in [-0.25, -0.2) is 4.39 Å². The van der Waals surface area contributed by atoms with Crippen LogP contribution in [0.2, 0.25) is 0 Å². The number of hydrogen-bond acceptors (Lipinski definition) is 2. The summed E-state index contributed by atoms with van der Waals surface area (Å²) in [6.07, 6.45) is 0. The van der Waals surface area contributed by atoms with E-state index in [1.165, 1.54) is 17.0 Å². The van der Waals surface area contributed by atoms with E-state index in [-0.39, 0.29) is 5.82 Å². The van der Waals surface area contributed by atoms with Crippen LogP contribution in [0.1, 0.15) is 11.1 Å². The lowest BCUT2D eigenvalue weighted by molar-refractivity contribution is 0.624. The molecule has 0 atom stereocenters. The fourth-order valence-electron chi connectivity index (χ4n) is 1.62. The molecule has 0 spiro atoms. The van der Waals surface area contributed by atoms with Crippen molar-refractivity contribution in [3.63, 3.8) is 0 Å². The first-order valence-corrected chi connectivity index (χ1v) is 7.32. The van der Waals surface area contributed by atoms with Gasteiger partial charge in [0.2, 0.25) is 0 Å². The topological polar surface area (TPSA) is 26.0 Å². The zero-order chi connectivity index (χ0) is 13.0. The van der Waals surface area contributed by atoms with Crippen LogP contribution in [-0.4, -0.2) is 0 Å². The Kier molecular flexibility index (Phi) is 4.80. The normalized spacial score (nSPS) is 10.6. The van der Waals surface area contributed by atoms with Gasteiger partial charge in [-0.05, 0) is 47.5 Å². The van der Waals surface area contributed by atoms with Crippen molar-refractivity contribution in [2.24, 2.45) is 5.73 Å². The third kappa shape index (κ3) is 3.57. The molecule has 0 saturated heterocycles. The molecular weight excluding hydrogens is 313 g/mol. The molecule has 18 heavy (non-hydrogen) atoms. The third-order valence-corrected chi connectivity index (χ3v) is 4.19. The molecule has 0 aromatic heterocycles. The Hall–Kier alpha value is -0.840. The van der Waals surface area contributed by atoms with E-state index in [1.807, 2.05) is 18.2 Å². The first kappa shape index (κ1) is 13.6. The van der Waals surface area contributed by atoms with Gasteiger partial charge >= 0.3 is 0 Å². The van der Waals surface area contributed by atoms with Gasteiger partial charge in [0, 0.05) is 21.7 Å². The lowest BCUT2D eigenvalue weighted by Gasteiger charge is -2.08. The second-order valence-electron chi connectivity index (χ2n) is 3.86. The molecular formula is C14H13BrFNS. The van der Waals surface area contributed by atoms with Gasteiger partial charge in [0.15, 0.2) is 0 Å². The average molecular weight is 326 g/mol. The highest BCUT2D eigenvalue weighted by Crippen LogP contribution is 2.26. The van der Waals surface area contributed by atoms with Gasteiger partial charge in [-0.2, -0.15) is 0 Å². The molecule has 0 bridgehead atoms. The summed E-state index contributed by atoms with van der Waals surface area (Å²) in [6, 6.07) is 12.9. The maximum atomic E-state index is 13.1. The SMILES string of the molecule is NCc1cc(F)ccc1CSc1ccc(Br)cc1. The summed E-state index contributed by atoms with van der Waals surface area (Å²) >= 11 is 5.12. The number of halogens is 2. The van der Waals surface area contributed by atoms with Crippen LogP contribution in [0.25, 0.3) is 0 Å². The Morgan fingerprint density at radius 2 is 1.78 bits per heavy atom. The summed E-state index contributed by atoms with van der Waals surface area (Å²) in [5, 5.41) is 0. The Morgan fingerprint density at radius 1 is 1.06 bits per heavy atom. The molecule has 0 radical (unpaired) electrons. The molecule has 4 heteroatoms. The van der Waals surface area contributed by atoms with Gasteiger partial charge in [-0.15, -0.1) is 11.8 Å². The predicted molar refractivity (Wildman–Crippen MR) is 78.0 cm³/mol. The van der Waals surface area contributed by atoms with Crippen molar-refractivity contribution in [3.05, 3.63) is 63.9 Å². The summed E-state index contributed by atoms with van der Waals surface area (Å²) in [5.41, 5.74) is 7.59. The first-order chi connectivity index (χ1) is 8.69. The molecule has 2 aromatic carbocycles. The molecule has 0 aliphatic heterocycles. The van der Waals surface area contributed by atoms with Gasteiger partial charge in [0.25, 0.3) is 0 Å². The van der Waals surface area contributed by atoms with Crippen LogP contribution in [0.3, 0.4) is 0 Å². The summed E-state index contributed by atoms with van der Waals surface area (Å²) in [7, 11) is 0. The van der Waals surface area contributed by atoms with Crippen molar-refractivity contribution in [3.8, 4) is 0 Å². The molecule has 0 unspecified atom stereocenters.